The van der Waals surface area contributed by atoms with Crippen LogP contribution in [-0.2, 0) is 19.2 Å². The summed E-state index contributed by atoms with van der Waals surface area (Å²) in [7, 11) is 0. The maximum absolute atomic E-state index is 12.2. The number of aliphatic hydroxyl groups excluding tert-OH is 1. The molecule has 0 spiro atoms. The molecule has 144 valence electrons. The lowest BCUT2D eigenvalue weighted by atomic mass is 9.97. The second kappa shape index (κ2) is 11.5. The van der Waals surface area contributed by atoms with Gasteiger partial charge < -0.3 is 31.6 Å². The van der Waals surface area contributed by atoms with Crippen LogP contribution in [0.2, 0.25) is 0 Å². The summed E-state index contributed by atoms with van der Waals surface area (Å²) in [6.07, 6.45) is 1.13. The van der Waals surface area contributed by atoms with Crippen molar-refractivity contribution >= 4 is 24.0 Å². The van der Waals surface area contributed by atoms with Crippen molar-refractivity contribution in [2.24, 2.45) is 17.6 Å². The first-order valence-electron chi connectivity index (χ1n) is 8.37. The summed E-state index contributed by atoms with van der Waals surface area (Å²) < 4.78 is 0. The first kappa shape index (κ1) is 23.0. The van der Waals surface area contributed by atoms with E-state index in [4.69, 9.17) is 10.8 Å². The quantitative estimate of drug-likeness (QED) is 0.278. The minimum Gasteiger partial charge on any atom is -0.394 e. The number of nitrogens with two attached hydrogens (primary N) is 1. The van der Waals surface area contributed by atoms with E-state index in [2.05, 4.69) is 16.0 Å². The van der Waals surface area contributed by atoms with Crippen LogP contribution < -0.4 is 21.7 Å². The van der Waals surface area contributed by atoms with Gasteiger partial charge >= 0.3 is 0 Å². The third kappa shape index (κ3) is 8.08. The summed E-state index contributed by atoms with van der Waals surface area (Å²) in [5.41, 5.74) is 5.86. The average molecular weight is 358 g/mol. The molecule has 0 aromatic rings. The van der Waals surface area contributed by atoms with E-state index >= 15 is 0 Å². The molecule has 0 heterocycles. The van der Waals surface area contributed by atoms with Gasteiger partial charge in [0, 0.05) is 0 Å². The van der Waals surface area contributed by atoms with Crippen molar-refractivity contribution in [2.75, 3.05) is 13.2 Å². The lowest BCUT2D eigenvalue weighted by Crippen LogP contribution is -2.56. The highest BCUT2D eigenvalue weighted by atomic mass is 16.3. The summed E-state index contributed by atoms with van der Waals surface area (Å²) in [5, 5.41) is 16.1. The molecule has 3 amide bonds. The predicted octanol–water partition coefficient (Wildman–Crippen LogP) is -1.71. The number of nitrogens with one attached hydrogen (secondary N) is 3. The second-order valence-electron chi connectivity index (χ2n) is 6.35. The fourth-order valence-electron chi connectivity index (χ4n) is 1.95. The zero-order chi connectivity index (χ0) is 19.6. The van der Waals surface area contributed by atoms with Gasteiger partial charge in [-0.15, -0.1) is 0 Å². The Morgan fingerprint density at radius 1 is 1.12 bits per heavy atom. The molecule has 0 aliphatic rings. The first-order valence-corrected chi connectivity index (χ1v) is 8.37. The van der Waals surface area contributed by atoms with E-state index in [1.54, 1.807) is 13.8 Å². The largest absolute Gasteiger partial charge is 0.394 e. The topological polar surface area (TPSA) is 151 Å². The molecule has 0 bridgehead atoms. The molecule has 0 saturated heterocycles. The fourth-order valence-corrected chi connectivity index (χ4v) is 1.95. The van der Waals surface area contributed by atoms with Crippen LogP contribution in [0.5, 0.6) is 0 Å². The molecule has 0 aliphatic carbocycles. The molecule has 0 aromatic heterocycles. The summed E-state index contributed by atoms with van der Waals surface area (Å²) in [6.45, 7) is 6.38. The third-order valence-corrected chi connectivity index (χ3v) is 3.94. The molecule has 0 aliphatic heterocycles. The lowest BCUT2D eigenvalue weighted by molar-refractivity contribution is -0.132. The molecule has 0 unspecified atom stereocenters. The monoisotopic (exact) mass is 358 g/mol. The zero-order valence-corrected chi connectivity index (χ0v) is 15.2. The number of rotatable bonds is 11. The first-order chi connectivity index (χ1) is 11.7. The smallest absolute Gasteiger partial charge is 0.243 e. The molecule has 0 rings (SSSR count). The second-order valence-corrected chi connectivity index (χ2v) is 6.35. The summed E-state index contributed by atoms with van der Waals surface area (Å²) >= 11 is 0. The highest BCUT2D eigenvalue weighted by molar-refractivity contribution is 5.92. The van der Waals surface area contributed by atoms with Crippen molar-refractivity contribution in [1.29, 1.82) is 0 Å². The van der Waals surface area contributed by atoms with E-state index in [9.17, 15) is 19.2 Å². The third-order valence-electron chi connectivity index (χ3n) is 3.94. The number of amides is 3. The van der Waals surface area contributed by atoms with Gasteiger partial charge in [-0.3, -0.25) is 14.4 Å². The van der Waals surface area contributed by atoms with Crippen LogP contribution in [0.1, 0.15) is 34.1 Å². The maximum Gasteiger partial charge on any atom is 0.243 e. The van der Waals surface area contributed by atoms with Crippen LogP contribution >= 0.6 is 0 Å². The van der Waals surface area contributed by atoms with Gasteiger partial charge in [0.1, 0.15) is 18.4 Å². The normalized spacial score (nSPS) is 15.6. The van der Waals surface area contributed by atoms with Crippen molar-refractivity contribution in [3.63, 3.8) is 0 Å². The summed E-state index contributed by atoms with van der Waals surface area (Å²) in [4.78, 5) is 46.6. The van der Waals surface area contributed by atoms with E-state index in [1.165, 1.54) is 0 Å². The van der Waals surface area contributed by atoms with Crippen LogP contribution in [-0.4, -0.2) is 60.4 Å². The minimum atomic E-state index is -1.02. The molecule has 0 aromatic carbocycles. The van der Waals surface area contributed by atoms with Crippen molar-refractivity contribution in [3.05, 3.63) is 0 Å². The van der Waals surface area contributed by atoms with Gasteiger partial charge in [-0.25, -0.2) is 0 Å². The molecular formula is C16H30N4O5. The molecule has 6 N–H and O–H groups in total. The Kier molecular flexibility index (Phi) is 10.6. The van der Waals surface area contributed by atoms with E-state index < -0.39 is 42.5 Å². The molecule has 0 fully saturated rings. The molecule has 0 radical (unpaired) electrons. The van der Waals surface area contributed by atoms with Gasteiger partial charge in [-0.1, -0.05) is 34.1 Å². The van der Waals surface area contributed by atoms with Gasteiger partial charge in [0.25, 0.3) is 0 Å². The number of hydrogen-bond donors (Lipinski definition) is 5. The SMILES string of the molecule is CC[C@H](C)[C@H](N)C(=O)N[C@H](C(=O)NCC(=O)N[C@H](C=O)CO)C(C)C. The minimum absolute atomic E-state index is 0.0274. The van der Waals surface area contributed by atoms with Gasteiger partial charge in [0.15, 0.2) is 0 Å². The predicted molar refractivity (Wildman–Crippen MR) is 92.3 cm³/mol. The maximum atomic E-state index is 12.2. The fraction of sp³-hybridized carbons (Fsp3) is 0.750. The molecule has 4 atom stereocenters. The Morgan fingerprint density at radius 2 is 1.72 bits per heavy atom. The van der Waals surface area contributed by atoms with Gasteiger partial charge in [-0.2, -0.15) is 0 Å². The van der Waals surface area contributed by atoms with Crippen molar-refractivity contribution in [2.45, 2.75) is 52.2 Å². The highest BCUT2D eigenvalue weighted by Gasteiger charge is 2.28. The van der Waals surface area contributed by atoms with Crippen LogP contribution in [0, 0.1) is 11.8 Å². The van der Waals surface area contributed by atoms with Gasteiger partial charge in [-0.05, 0) is 11.8 Å². The highest BCUT2D eigenvalue weighted by Crippen LogP contribution is 2.07. The lowest BCUT2D eigenvalue weighted by Gasteiger charge is -2.25. The van der Waals surface area contributed by atoms with Crippen LogP contribution in [0.25, 0.3) is 0 Å². The van der Waals surface area contributed by atoms with Crippen molar-refractivity contribution in [1.82, 2.24) is 16.0 Å². The Morgan fingerprint density at radius 3 is 2.16 bits per heavy atom. The Bertz CT molecular complexity index is 469. The van der Waals surface area contributed by atoms with Crippen LogP contribution in [0.3, 0.4) is 0 Å². The number of aliphatic hydroxyl groups is 1. The Labute approximate surface area is 148 Å². The van der Waals surface area contributed by atoms with Crippen molar-refractivity contribution in [3.8, 4) is 0 Å². The summed E-state index contributed by atoms with van der Waals surface area (Å²) in [5.74, 6) is -1.81. The van der Waals surface area contributed by atoms with E-state index in [-0.39, 0.29) is 18.4 Å². The molecule has 0 saturated carbocycles. The van der Waals surface area contributed by atoms with Gasteiger partial charge in [0.2, 0.25) is 17.7 Å². The number of aldehydes is 1. The standard InChI is InChI=1S/C16H30N4O5/c1-5-10(4)13(17)15(24)20-14(9(2)3)16(25)18-6-12(23)19-11(7-21)8-22/h7,9-11,13-14,22H,5-6,8,17H2,1-4H3,(H,18,25)(H,19,23)(H,20,24)/t10-,11+,13-,14-/m0/s1. The number of carbonyl (C=O) groups excluding carboxylic acids is 4. The number of hydrogen-bond acceptors (Lipinski definition) is 6. The van der Waals surface area contributed by atoms with Gasteiger partial charge in [0.05, 0.1) is 19.2 Å². The van der Waals surface area contributed by atoms with Crippen LogP contribution in [0.4, 0.5) is 0 Å². The number of carbonyl (C=O) groups is 4. The summed E-state index contributed by atoms with van der Waals surface area (Å²) in [6, 6.07) is -2.58. The Hall–Kier alpha value is -2.00. The molecular weight excluding hydrogens is 328 g/mol. The van der Waals surface area contributed by atoms with Crippen molar-refractivity contribution < 1.29 is 24.3 Å². The van der Waals surface area contributed by atoms with E-state index in [1.807, 2.05) is 13.8 Å². The van der Waals surface area contributed by atoms with E-state index in [0.29, 0.717) is 6.29 Å². The van der Waals surface area contributed by atoms with Crippen LogP contribution in [0.15, 0.2) is 0 Å². The average Bonchev–Trinajstić information content (AvgIpc) is 2.59. The molecule has 9 heteroatoms. The van der Waals surface area contributed by atoms with E-state index in [0.717, 1.165) is 6.42 Å². The Balaban J connectivity index is 4.67. The molecule has 25 heavy (non-hydrogen) atoms. The molecule has 9 nitrogen and oxygen atoms in total. The zero-order valence-electron chi connectivity index (χ0n) is 15.2.